The van der Waals surface area contributed by atoms with Crippen LogP contribution in [-0.4, -0.2) is 19.2 Å². The lowest BCUT2D eigenvalue weighted by Gasteiger charge is -2.37. The molecule has 1 nitrogen and oxygen atoms in total. The van der Waals surface area contributed by atoms with Crippen LogP contribution in [0.2, 0.25) is 0 Å². The van der Waals surface area contributed by atoms with Crippen molar-refractivity contribution < 1.29 is 44.3 Å². The first-order valence-corrected chi connectivity index (χ1v) is 14.3. The van der Waals surface area contributed by atoms with Crippen LogP contribution in [0.4, 0.5) is 39.5 Å². The Morgan fingerprint density at radius 2 is 1.27 bits per heavy atom. The summed E-state index contributed by atoms with van der Waals surface area (Å²) in [6, 6.07) is 2.34. The molecule has 0 amide bonds. The molecular formula is C31H37F9O. The van der Waals surface area contributed by atoms with Crippen LogP contribution in [0.3, 0.4) is 0 Å². The number of alkyl halides is 5. The van der Waals surface area contributed by atoms with E-state index in [1.165, 1.54) is 64.2 Å². The van der Waals surface area contributed by atoms with Gasteiger partial charge in [-0.25, -0.2) is 17.6 Å². The molecule has 2 aliphatic carbocycles. The third-order valence-corrected chi connectivity index (χ3v) is 8.39. The van der Waals surface area contributed by atoms with Gasteiger partial charge in [0.1, 0.15) is 17.5 Å². The summed E-state index contributed by atoms with van der Waals surface area (Å²) in [4.78, 5) is 0. The number of halogens is 9. The van der Waals surface area contributed by atoms with Crippen molar-refractivity contribution >= 4 is 0 Å². The van der Waals surface area contributed by atoms with Crippen LogP contribution in [-0.2, 0) is 0 Å². The smallest absolute Gasteiger partial charge is 0.425 e. The lowest BCUT2D eigenvalue weighted by molar-refractivity contribution is -0.254. The monoisotopic (exact) mass is 596 g/mol. The van der Waals surface area contributed by atoms with Gasteiger partial charge in [-0.05, 0) is 73.5 Å². The Kier molecular flexibility index (Phi) is 12.3. The number of hydrogen-bond donors (Lipinski definition) is 0. The maximum atomic E-state index is 13.7. The Hall–Kier alpha value is -2.39. The summed E-state index contributed by atoms with van der Waals surface area (Å²) in [5.41, 5.74) is -1.26. The standard InChI is InChI=1S/C17H31F.C14H6F8O/c1-2-3-14-4-8-16(9-5-14)17-10-6-15(7-11-17)12-13-18;15-7-4-9(17)12(10(18)5-7)6-1-2-11(8(16)3-6)23-14(21,22)13(19)20/h14-17H,2-13H2,1H3;1-5,13H. The molecule has 10 heteroatoms. The van der Waals surface area contributed by atoms with Crippen LogP contribution in [0.1, 0.15) is 77.6 Å². The Morgan fingerprint density at radius 3 is 1.71 bits per heavy atom. The molecule has 0 spiro atoms. The second-order valence-corrected chi connectivity index (χ2v) is 11.2. The molecule has 2 saturated carbocycles. The summed E-state index contributed by atoms with van der Waals surface area (Å²) in [5, 5.41) is 0. The Bertz CT molecular complexity index is 1040. The maximum Gasteiger partial charge on any atom is 0.461 e. The number of ether oxygens (including phenoxy) is 1. The van der Waals surface area contributed by atoms with E-state index in [4.69, 9.17) is 0 Å². The first kappa shape index (κ1) is 33.1. The van der Waals surface area contributed by atoms with Crippen molar-refractivity contribution in [1.82, 2.24) is 0 Å². The van der Waals surface area contributed by atoms with Crippen LogP contribution in [0.15, 0.2) is 30.3 Å². The molecule has 230 valence electrons. The molecule has 4 rings (SSSR count). The SMILES string of the molecule is CCCC1CCC(C2CCC(CCF)CC2)CC1.Fc1cc(F)c(-c2ccc(OC(F)(F)C(F)F)c(F)c2)c(F)c1. The van der Waals surface area contributed by atoms with Crippen molar-refractivity contribution in [1.29, 1.82) is 0 Å². The highest BCUT2D eigenvalue weighted by molar-refractivity contribution is 5.66. The quantitative estimate of drug-likeness (QED) is 0.262. The Labute approximate surface area is 235 Å². The van der Waals surface area contributed by atoms with Crippen LogP contribution >= 0.6 is 0 Å². The van der Waals surface area contributed by atoms with E-state index in [2.05, 4.69) is 11.7 Å². The van der Waals surface area contributed by atoms with Crippen LogP contribution < -0.4 is 4.74 Å². The van der Waals surface area contributed by atoms with Gasteiger partial charge in [0.05, 0.1) is 12.2 Å². The van der Waals surface area contributed by atoms with E-state index >= 15 is 0 Å². The zero-order valence-corrected chi connectivity index (χ0v) is 23.1. The Morgan fingerprint density at radius 1 is 0.756 bits per heavy atom. The lowest BCUT2D eigenvalue weighted by atomic mass is 9.68. The summed E-state index contributed by atoms with van der Waals surface area (Å²) < 4.78 is 119. The van der Waals surface area contributed by atoms with E-state index in [9.17, 15) is 39.5 Å². The minimum absolute atomic E-state index is 0.0997. The molecule has 0 saturated heterocycles. The summed E-state index contributed by atoms with van der Waals surface area (Å²) in [7, 11) is 0. The maximum absolute atomic E-state index is 13.7. The molecule has 0 aromatic heterocycles. The van der Waals surface area contributed by atoms with E-state index in [0.29, 0.717) is 30.2 Å². The van der Waals surface area contributed by atoms with Crippen LogP contribution in [0, 0.1) is 46.9 Å². The van der Waals surface area contributed by atoms with Crippen LogP contribution in [0.25, 0.3) is 11.1 Å². The molecule has 2 aromatic carbocycles. The predicted molar refractivity (Wildman–Crippen MR) is 140 cm³/mol. The van der Waals surface area contributed by atoms with E-state index in [1.54, 1.807) is 0 Å². The number of benzene rings is 2. The highest BCUT2D eigenvalue weighted by Gasteiger charge is 2.44. The minimum atomic E-state index is -4.94. The molecule has 0 aliphatic heterocycles. The van der Waals surface area contributed by atoms with Gasteiger partial charge in [-0.3, -0.25) is 4.39 Å². The molecule has 2 aromatic rings. The van der Waals surface area contributed by atoms with E-state index in [0.717, 1.165) is 30.2 Å². The van der Waals surface area contributed by atoms with Gasteiger partial charge in [-0.2, -0.15) is 17.6 Å². The fraction of sp³-hybridized carbons (Fsp3) is 0.613. The Balaban J connectivity index is 0.000000232. The van der Waals surface area contributed by atoms with Crippen LogP contribution in [0.5, 0.6) is 5.75 Å². The molecule has 2 fully saturated rings. The summed E-state index contributed by atoms with van der Waals surface area (Å²) in [5.74, 6) is -2.94. The summed E-state index contributed by atoms with van der Waals surface area (Å²) in [6.07, 6.45) is 5.88. The van der Waals surface area contributed by atoms with Gasteiger partial charge < -0.3 is 4.74 Å². The van der Waals surface area contributed by atoms with Gasteiger partial charge in [0, 0.05) is 12.1 Å². The van der Waals surface area contributed by atoms with E-state index in [1.807, 2.05) is 0 Å². The molecule has 0 bridgehead atoms. The molecule has 0 unspecified atom stereocenters. The van der Waals surface area contributed by atoms with Crippen molar-refractivity contribution in [2.45, 2.75) is 90.1 Å². The molecule has 2 aliphatic rings. The molecule has 0 heterocycles. The lowest BCUT2D eigenvalue weighted by Crippen LogP contribution is -2.33. The molecule has 41 heavy (non-hydrogen) atoms. The topological polar surface area (TPSA) is 9.23 Å². The predicted octanol–water partition coefficient (Wildman–Crippen LogP) is 10.9. The highest BCUT2D eigenvalue weighted by Crippen LogP contribution is 2.42. The van der Waals surface area contributed by atoms with Crippen molar-refractivity contribution in [2.75, 3.05) is 6.67 Å². The second kappa shape index (κ2) is 15.2. The number of hydrogen-bond acceptors (Lipinski definition) is 1. The zero-order chi connectivity index (χ0) is 30.2. The molecule has 0 atom stereocenters. The van der Waals surface area contributed by atoms with Gasteiger partial charge in [-0.1, -0.05) is 51.5 Å². The minimum Gasteiger partial charge on any atom is -0.425 e. The average Bonchev–Trinajstić information content (AvgIpc) is 2.91. The second-order valence-electron chi connectivity index (χ2n) is 11.2. The summed E-state index contributed by atoms with van der Waals surface area (Å²) in [6.45, 7) is 2.22. The van der Waals surface area contributed by atoms with Gasteiger partial charge in [-0.15, -0.1) is 0 Å². The van der Waals surface area contributed by atoms with E-state index < -0.39 is 52.7 Å². The van der Waals surface area contributed by atoms with Gasteiger partial charge >= 0.3 is 12.5 Å². The van der Waals surface area contributed by atoms with Crippen molar-refractivity contribution in [3.05, 3.63) is 53.6 Å². The van der Waals surface area contributed by atoms with E-state index in [-0.39, 0.29) is 6.67 Å². The molecular weight excluding hydrogens is 559 g/mol. The van der Waals surface area contributed by atoms with Crippen molar-refractivity contribution in [2.24, 2.45) is 23.7 Å². The molecule has 0 N–H and O–H groups in total. The fourth-order valence-corrected chi connectivity index (χ4v) is 6.21. The van der Waals surface area contributed by atoms with Crippen molar-refractivity contribution in [3.8, 4) is 16.9 Å². The fourth-order valence-electron chi connectivity index (χ4n) is 6.21. The third-order valence-electron chi connectivity index (χ3n) is 8.39. The number of rotatable bonds is 9. The average molecular weight is 597 g/mol. The van der Waals surface area contributed by atoms with Gasteiger partial charge in [0.2, 0.25) is 0 Å². The first-order valence-electron chi connectivity index (χ1n) is 14.3. The van der Waals surface area contributed by atoms with Gasteiger partial charge in [0.15, 0.2) is 11.6 Å². The highest BCUT2D eigenvalue weighted by atomic mass is 19.3. The third kappa shape index (κ3) is 9.30. The normalized spacial score (nSPS) is 23.2. The molecule has 0 radical (unpaired) electrons. The van der Waals surface area contributed by atoms with Crippen molar-refractivity contribution in [3.63, 3.8) is 0 Å². The first-order chi connectivity index (χ1) is 19.4. The summed E-state index contributed by atoms with van der Waals surface area (Å²) >= 11 is 0. The largest absolute Gasteiger partial charge is 0.461 e. The zero-order valence-electron chi connectivity index (χ0n) is 23.1. The van der Waals surface area contributed by atoms with Gasteiger partial charge in [0.25, 0.3) is 0 Å².